The van der Waals surface area contributed by atoms with E-state index < -0.39 is 17.1 Å². The van der Waals surface area contributed by atoms with Crippen LogP contribution in [-0.4, -0.2) is 121 Å². The summed E-state index contributed by atoms with van der Waals surface area (Å²) in [6.45, 7) is 18.7. The summed E-state index contributed by atoms with van der Waals surface area (Å²) in [6.07, 6.45) is 4.54. The number of ether oxygens (including phenoxy) is 1. The number of hydrogen-bond acceptors (Lipinski definition) is 6. The van der Waals surface area contributed by atoms with Crippen molar-refractivity contribution in [3.8, 4) is 0 Å². The van der Waals surface area contributed by atoms with Crippen LogP contribution in [0.1, 0.15) is 90.0 Å². The molecule has 262 valence electrons. The minimum atomic E-state index is -2.40. The third-order valence-corrected chi connectivity index (χ3v) is 10.3. The van der Waals surface area contributed by atoms with Crippen LogP contribution in [0.2, 0.25) is 25.2 Å². The molecule has 6 nitrogen and oxygen atoms in total. The van der Waals surface area contributed by atoms with Crippen molar-refractivity contribution in [2.24, 2.45) is 0 Å². The monoisotopic (exact) mass is 862 g/mol. The van der Waals surface area contributed by atoms with E-state index in [1.165, 1.54) is 18.9 Å². The molecule has 1 saturated heterocycles. The predicted octanol–water partition coefficient (Wildman–Crippen LogP) is 2.54. The van der Waals surface area contributed by atoms with Gasteiger partial charge in [0.05, 0.1) is 0 Å². The van der Waals surface area contributed by atoms with Crippen LogP contribution in [0.25, 0.3) is 0 Å². The average Bonchev–Trinajstić information content (AvgIpc) is 3.33. The fraction of sp³-hybridized carbons (Fsp3) is 0.963. The Hall–Kier alpha value is 3.62. The summed E-state index contributed by atoms with van der Waals surface area (Å²) in [4.78, 5) is 0. The quantitative estimate of drug-likeness (QED) is 0.116. The molecule has 0 atom stereocenters. The summed E-state index contributed by atoms with van der Waals surface area (Å²) in [5.41, 5.74) is 0. The largest absolute Gasteiger partial charge is 2.00 e. The van der Waals surface area contributed by atoms with Crippen LogP contribution in [0.4, 0.5) is 0 Å². The maximum Gasteiger partial charge on any atom is 2.00 e. The van der Waals surface area contributed by atoms with Gasteiger partial charge >= 0.3 is 54.9 Å². The van der Waals surface area contributed by atoms with E-state index in [9.17, 15) is 0 Å². The molecule has 1 fully saturated rings. The second-order valence-electron chi connectivity index (χ2n) is 7.37. The molecule has 15 heteroatoms. The molecule has 0 aromatic rings. The molecular weight excluding hydrogens is 794 g/mol. The van der Waals surface area contributed by atoms with Crippen LogP contribution >= 0.6 is 47.2 Å². The molecule has 0 amide bonds. The first-order valence-corrected chi connectivity index (χ1v) is 18.2. The summed E-state index contributed by atoms with van der Waals surface area (Å²) in [5.74, 6) is 1.39. The van der Waals surface area contributed by atoms with Gasteiger partial charge in [0, 0.05) is 57.4 Å². The summed E-state index contributed by atoms with van der Waals surface area (Å²) < 4.78 is 27.5. The number of rotatable bonds is 14. The topological polar surface area (TPSA) is 69.2 Å². The summed E-state index contributed by atoms with van der Waals surface area (Å²) in [7, 11) is -3.71. The Balaban J connectivity index is -0.0000000246. The van der Waals surface area contributed by atoms with Crippen molar-refractivity contribution in [3.63, 3.8) is 0 Å². The van der Waals surface area contributed by atoms with Crippen molar-refractivity contribution >= 4 is 110 Å². The molecule has 1 aliphatic rings. The zero-order valence-electron chi connectivity index (χ0n) is 25.4. The molecule has 0 aliphatic carbocycles. The average molecular weight is 865 g/mol. The zero-order chi connectivity index (χ0) is 25.1. The van der Waals surface area contributed by atoms with Gasteiger partial charge in [0.1, 0.15) is 0 Å². The number of alkyl halides is 2. The molecule has 1 heterocycles. The SMILES string of the molecule is C.C.C.C.C1CCOC1.CCO[Si](C)(C)CCCCl.CCO[Si](CCCCl)(OCC)OCC.CC[O-].I.[CH3-].[Cl-].[Cl-].[Mg+2].[Mg+2]. The Kier molecular flexibility index (Phi) is 136. The third kappa shape index (κ3) is 66.1. The van der Waals surface area contributed by atoms with Crippen molar-refractivity contribution in [1.82, 2.24) is 0 Å². The molecule has 0 N–H and O–H groups in total. The second kappa shape index (κ2) is 66.9. The fourth-order valence-electron chi connectivity index (χ4n) is 2.75. The van der Waals surface area contributed by atoms with Crippen LogP contribution in [-0.2, 0) is 22.4 Å². The Labute approximate surface area is 339 Å². The maximum absolute atomic E-state index is 8.93. The molecule has 0 saturated carbocycles. The van der Waals surface area contributed by atoms with Crippen molar-refractivity contribution in [2.45, 2.75) is 115 Å². The van der Waals surface area contributed by atoms with E-state index in [-0.39, 0.29) is 139 Å². The third-order valence-electron chi connectivity index (χ3n) is 3.98. The molecule has 1 rings (SSSR count). The first kappa shape index (κ1) is 85.4. The molecule has 0 aromatic carbocycles. The van der Waals surface area contributed by atoms with Crippen molar-refractivity contribution < 1.29 is 52.4 Å². The van der Waals surface area contributed by atoms with Gasteiger partial charge in [-0.3, -0.25) is 0 Å². The van der Waals surface area contributed by atoms with E-state index in [2.05, 4.69) is 20.0 Å². The van der Waals surface area contributed by atoms with E-state index in [0.717, 1.165) is 44.6 Å². The van der Waals surface area contributed by atoms with E-state index >= 15 is 0 Å². The Bertz CT molecular complexity index is 356. The van der Waals surface area contributed by atoms with Crippen LogP contribution in [0, 0.1) is 7.43 Å². The molecule has 0 bridgehead atoms. The van der Waals surface area contributed by atoms with E-state index in [1.54, 1.807) is 6.92 Å². The van der Waals surface area contributed by atoms with Gasteiger partial charge < -0.3 is 59.8 Å². The van der Waals surface area contributed by atoms with Gasteiger partial charge in [0.2, 0.25) is 0 Å². The first-order chi connectivity index (χ1) is 15.3. The van der Waals surface area contributed by atoms with Gasteiger partial charge in [0.15, 0.2) is 8.32 Å². The maximum atomic E-state index is 8.93. The Morgan fingerprint density at radius 2 is 0.952 bits per heavy atom. The Morgan fingerprint density at radius 3 is 1.17 bits per heavy atom. The normalized spacial score (nSPS) is 10.1. The first-order valence-electron chi connectivity index (χ1n) is 12.1. The van der Waals surface area contributed by atoms with Gasteiger partial charge in [-0.1, -0.05) is 36.6 Å². The van der Waals surface area contributed by atoms with Crippen molar-refractivity contribution in [3.05, 3.63) is 7.43 Å². The second-order valence-corrected chi connectivity index (χ2v) is 15.2. The van der Waals surface area contributed by atoms with Gasteiger partial charge in [-0.15, -0.1) is 53.8 Å². The molecular formula is C27H71Cl4IMg2O6Si2. The van der Waals surface area contributed by atoms with E-state index in [0.29, 0.717) is 25.7 Å². The minimum absolute atomic E-state index is 0. The molecule has 0 unspecified atom stereocenters. The van der Waals surface area contributed by atoms with Gasteiger partial charge in [0.25, 0.3) is 0 Å². The number of hydrogen-bond donors (Lipinski definition) is 0. The van der Waals surface area contributed by atoms with Gasteiger partial charge in [-0.25, -0.2) is 0 Å². The summed E-state index contributed by atoms with van der Waals surface area (Å²) in [5, 5.41) is 8.93. The molecule has 0 radical (unpaired) electrons. The van der Waals surface area contributed by atoms with Crippen molar-refractivity contribution in [1.29, 1.82) is 0 Å². The van der Waals surface area contributed by atoms with Crippen LogP contribution in [0.3, 0.4) is 0 Å². The molecule has 0 aromatic heterocycles. The molecule has 1 aliphatic heterocycles. The Morgan fingerprint density at radius 1 is 0.667 bits per heavy atom. The predicted molar refractivity (Wildman–Crippen MR) is 201 cm³/mol. The number of halogens is 5. The smallest absolute Gasteiger partial charge is 1.00 e. The van der Waals surface area contributed by atoms with Gasteiger partial charge in [-0.05, 0) is 72.5 Å². The summed E-state index contributed by atoms with van der Waals surface area (Å²) in [6, 6.07) is 2.00. The van der Waals surface area contributed by atoms with E-state index in [1.807, 2.05) is 20.8 Å². The summed E-state index contributed by atoms with van der Waals surface area (Å²) >= 11 is 11.2. The fourth-order valence-corrected chi connectivity index (χ4v) is 8.03. The molecule has 0 spiro atoms. The van der Waals surface area contributed by atoms with Crippen LogP contribution in [0.5, 0.6) is 0 Å². The zero-order valence-corrected chi connectivity index (χ0v) is 35.6. The minimum Gasteiger partial charge on any atom is -1.00 e. The van der Waals surface area contributed by atoms with Gasteiger partial charge in [-0.2, -0.15) is 0 Å². The standard InChI is InChI=1S/C9H21ClO3Si.C7H17ClOSi.C4H8O.C2H5O.4CH4.CH3.2ClH.HI.2Mg/c1-4-11-14(12-5-2,13-6-3)9-7-8-10;1-4-9-10(2,3)7-5-6-8;1-2-4-5-3-1;1-2-3;;;;;;;;;;/h4-9H2,1-3H3;4-7H2,1-3H3;1-4H2;2H2,1H3;4*1H4;1H3;3*1H;;/q;;;-1;;;;;-1;;;;2*+2/p-2. The van der Waals surface area contributed by atoms with E-state index in [4.69, 9.17) is 50.7 Å². The van der Waals surface area contributed by atoms with Crippen LogP contribution < -0.4 is 29.9 Å². The van der Waals surface area contributed by atoms with Crippen LogP contribution in [0.15, 0.2) is 0 Å². The molecule has 42 heavy (non-hydrogen) atoms. The van der Waals surface area contributed by atoms with Crippen molar-refractivity contribution in [2.75, 3.05) is 58.0 Å².